The van der Waals surface area contributed by atoms with Gasteiger partial charge in [-0.3, -0.25) is 0 Å². The minimum Gasteiger partial charge on any atom is -0.573 e. The van der Waals surface area contributed by atoms with E-state index >= 15 is 0 Å². The molecule has 4 N–H and O–H groups in total. The van der Waals surface area contributed by atoms with Gasteiger partial charge >= 0.3 is 77.1 Å². The molecule has 0 radical (unpaired) electrons. The van der Waals surface area contributed by atoms with E-state index in [2.05, 4.69) is 116 Å². The molecule has 376 valence electrons. The minimum atomic E-state index is 0. The molecule has 4 aromatic carbocycles. The van der Waals surface area contributed by atoms with Crippen molar-refractivity contribution < 1.29 is 98.8 Å². The maximum absolute atomic E-state index is 7.44. The van der Waals surface area contributed by atoms with Gasteiger partial charge in [-0.15, -0.1) is 15.9 Å². The van der Waals surface area contributed by atoms with Crippen LogP contribution in [0.2, 0.25) is 0 Å². The molecule has 16 heteroatoms. The third-order valence-corrected chi connectivity index (χ3v) is 11.1. The number of azo groups is 2. The van der Waals surface area contributed by atoms with Crippen molar-refractivity contribution in [2.45, 2.75) is 134 Å². The van der Waals surface area contributed by atoms with E-state index in [4.69, 9.17) is 29.5 Å². The average molecular weight is 1000 g/mol. The Morgan fingerprint density at radius 3 is 1.08 bits per heavy atom. The van der Waals surface area contributed by atoms with Gasteiger partial charge in [-0.25, -0.2) is 5.10 Å². The van der Waals surface area contributed by atoms with Crippen molar-refractivity contribution in [1.82, 2.24) is 0 Å². The molecule has 0 bridgehead atoms. The number of nitrogens with one attached hydrogen (secondary N) is 4. The Morgan fingerprint density at radius 1 is 0.458 bits per heavy atom. The molecule has 4 aliphatic rings. The van der Waals surface area contributed by atoms with E-state index in [9.17, 15) is 0 Å². The van der Waals surface area contributed by atoms with Crippen LogP contribution >= 0.6 is 0 Å². The van der Waals surface area contributed by atoms with Crippen molar-refractivity contribution in [3.8, 4) is 12.1 Å². The van der Waals surface area contributed by atoms with Crippen LogP contribution in [-0.4, -0.2) is 64.5 Å². The van der Waals surface area contributed by atoms with E-state index in [-0.39, 0.29) is 65.0 Å². The van der Waals surface area contributed by atoms with Crippen LogP contribution in [0.1, 0.15) is 118 Å². The molecule has 0 atom stereocenters. The number of ether oxygens (including phenoxy) is 4. The Morgan fingerprint density at radius 2 is 0.778 bits per heavy atom. The fraction of sp³-hybridized carbons (Fsp3) is 0.500. The topological polar surface area (TPSA) is 190 Å². The van der Waals surface area contributed by atoms with Gasteiger partial charge in [-0.05, 0) is 162 Å². The number of benzene rings is 4. The molecule has 0 amide bonds. The van der Waals surface area contributed by atoms with E-state index in [1.807, 2.05) is 69.2 Å². The van der Waals surface area contributed by atoms with Crippen molar-refractivity contribution >= 4 is 34.4 Å². The monoisotopic (exact) mass is 1000 g/mol. The van der Waals surface area contributed by atoms with Crippen LogP contribution in [0.4, 0.5) is 22.7 Å². The van der Waals surface area contributed by atoms with Crippen LogP contribution in [0.15, 0.2) is 69.0 Å². The van der Waals surface area contributed by atoms with Gasteiger partial charge in [0, 0.05) is 58.0 Å². The van der Waals surface area contributed by atoms with Gasteiger partial charge in [0.05, 0.1) is 5.69 Å². The first-order chi connectivity index (χ1) is 33.6. The Kier molecular flexibility index (Phi) is 34.3. The van der Waals surface area contributed by atoms with Gasteiger partial charge in [-0.2, -0.15) is 0 Å². The van der Waals surface area contributed by atoms with Crippen LogP contribution in [-0.2, 0) is 18.9 Å². The molecule has 72 heavy (non-hydrogen) atoms. The van der Waals surface area contributed by atoms with Gasteiger partial charge in [0.1, 0.15) is 5.69 Å². The summed E-state index contributed by atoms with van der Waals surface area (Å²) in [5.74, 6) is 0.331. The first kappa shape index (κ1) is 65.9. The summed E-state index contributed by atoms with van der Waals surface area (Å²) >= 11 is 0. The second kappa shape index (κ2) is 37.6. The van der Waals surface area contributed by atoms with Gasteiger partial charge in [0.2, 0.25) is 0 Å². The molecule has 14 nitrogen and oxygen atoms in total. The predicted molar refractivity (Wildman–Crippen MR) is 280 cm³/mol. The summed E-state index contributed by atoms with van der Waals surface area (Å²) in [6.45, 7) is 32.2. The number of nitrogens with zero attached hydrogens (tertiary/aromatic N) is 6. The van der Waals surface area contributed by atoms with Crippen LogP contribution in [0.5, 0.6) is 0 Å². The normalized spacial score (nSPS) is 14.8. The van der Waals surface area contributed by atoms with E-state index in [0.717, 1.165) is 120 Å². The number of rotatable bonds is 6. The van der Waals surface area contributed by atoms with Crippen molar-refractivity contribution in [2.75, 3.05) is 52.9 Å². The molecule has 4 aliphatic heterocycles. The van der Waals surface area contributed by atoms with Crippen molar-refractivity contribution in [3.05, 3.63) is 126 Å². The van der Waals surface area contributed by atoms with Crippen molar-refractivity contribution in [2.24, 2.45) is 20.4 Å². The molecule has 0 spiro atoms. The van der Waals surface area contributed by atoms with Crippen molar-refractivity contribution in [3.63, 3.8) is 0 Å². The first-order valence-electron chi connectivity index (χ1n) is 24.6. The Hall–Kier alpha value is -4.16. The largest absolute Gasteiger partial charge is 1.00 e. The summed E-state index contributed by atoms with van der Waals surface area (Å²) in [7, 11) is 0. The van der Waals surface area contributed by atoms with Crippen LogP contribution < -0.4 is 79.9 Å². The van der Waals surface area contributed by atoms with E-state index in [1.54, 1.807) is 0 Å². The van der Waals surface area contributed by atoms with Crippen LogP contribution in [0, 0.1) is 95.2 Å². The number of hydrogen-bond donors (Lipinski definition) is 4. The first-order valence-corrected chi connectivity index (χ1v) is 24.6. The standard InChI is InChI=1S/C20H23N5.C20H22N5.4C4H8O.2Na/c2*1-12-7-14(3)19(15(4)8-12)24-22-18(11-21)23-25-20-16(5)9-13(2)10-17(20)6;4*1-2-4-5-3-1;;/h7-10,22H,1-6H3;7-10H,1-6H3;4*1-4H2;;/q;-1;;;;;2*+1/p+3/b2*22-18+,25-23?;;;;;;. The molecule has 4 saturated heterocycles. The second-order valence-electron chi connectivity index (χ2n) is 18.1. The zero-order chi connectivity index (χ0) is 51.3. The molecule has 8 rings (SSSR count). The molecule has 0 aromatic heterocycles. The predicted octanol–water partition coefficient (Wildman–Crippen LogP) is 2.18. The Bertz CT molecular complexity index is 2160. The van der Waals surface area contributed by atoms with E-state index in [1.165, 1.54) is 73.6 Å². The smallest absolute Gasteiger partial charge is 0.573 e. The zero-order valence-corrected chi connectivity index (χ0v) is 50.2. The maximum atomic E-state index is 7.44. The fourth-order valence-electron chi connectivity index (χ4n) is 7.97. The van der Waals surface area contributed by atoms with Crippen molar-refractivity contribution in [1.29, 1.82) is 0 Å². The summed E-state index contributed by atoms with van der Waals surface area (Å²) in [6.07, 6.45) is 10.2. The number of amidine groups is 2. The molecule has 0 aliphatic carbocycles. The van der Waals surface area contributed by atoms with Crippen LogP contribution in [0.3, 0.4) is 0 Å². The SMILES string of the molecule is C1CCOC1.C1CCOC1.C1CCOC1.C1CCOC1.Cc1cc(C)c(N=N/C(C#[NH+])=N/[N-]c2c(C)cc(C)cc2C)c(C)c1.Cc1cc(C)c(N=[NH+]/C(C#[NH+])=[NH+]/[N-]c2c(C)cc(C)cc2C)c(C)c1.[Na+].[Na+]. The average Bonchev–Trinajstić information content (AvgIpc) is 4.17. The summed E-state index contributed by atoms with van der Waals surface area (Å²) < 4.78 is 19.8. The van der Waals surface area contributed by atoms with Gasteiger partial charge in [0.15, 0.2) is 0 Å². The molecular weight excluding hydrogens is 923 g/mol. The number of hydrogen-bond acceptors (Lipinski definition) is 7. The molecular formula is C56H80N10Na2O4+4. The second-order valence-corrected chi connectivity index (χ2v) is 18.1. The van der Waals surface area contributed by atoms with Crippen LogP contribution in [0.25, 0.3) is 10.9 Å². The fourth-order valence-corrected chi connectivity index (χ4v) is 7.97. The molecule has 4 fully saturated rings. The molecule has 4 aromatic rings. The quantitative estimate of drug-likeness (QED) is 0.0759. The van der Waals surface area contributed by atoms with E-state index < -0.39 is 0 Å². The third kappa shape index (κ3) is 25.7. The Balaban J connectivity index is 0.000000506. The minimum absolute atomic E-state index is 0. The zero-order valence-electron chi connectivity index (χ0n) is 46.2. The molecule has 4 heterocycles. The van der Waals surface area contributed by atoms with E-state index in [0.29, 0.717) is 5.84 Å². The summed E-state index contributed by atoms with van der Waals surface area (Å²) in [5, 5.41) is 37.2. The van der Waals surface area contributed by atoms with Gasteiger partial charge in [0.25, 0.3) is 5.84 Å². The Labute approximate surface area is 475 Å². The summed E-state index contributed by atoms with van der Waals surface area (Å²) in [6, 6.07) is 21.0. The molecule has 0 saturated carbocycles. The number of aryl methyl sites for hydroxylation is 12. The maximum Gasteiger partial charge on any atom is 1.00 e. The third-order valence-electron chi connectivity index (χ3n) is 11.1. The molecule has 0 unspecified atom stereocenters. The summed E-state index contributed by atoms with van der Waals surface area (Å²) in [4.78, 5) is 0. The van der Waals surface area contributed by atoms with Gasteiger partial charge in [-0.1, -0.05) is 109 Å². The summed E-state index contributed by atoms with van der Waals surface area (Å²) in [5.41, 5.74) is 25.2. The van der Waals surface area contributed by atoms with Gasteiger partial charge < -0.3 is 34.9 Å².